The lowest BCUT2D eigenvalue weighted by Crippen LogP contribution is -2.39. The Morgan fingerprint density at radius 2 is 1.65 bits per heavy atom. The highest BCUT2D eigenvalue weighted by Crippen LogP contribution is 2.44. The van der Waals surface area contributed by atoms with Crippen molar-refractivity contribution in [2.45, 2.75) is 12.8 Å². The number of carbonyl (C=O) groups is 1. The lowest BCUT2D eigenvalue weighted by Gasteiger charge is -2.15. The second-order valence-corrected chi connectivity index (χ2v) is 5.72. The minimum Gasteiger partial charge on any atom is -0.448 e. The van der Waals surface area contributed by atoms with E-state index < -0.39 is 6.09 Å². The Hall–Kier alpha value is -2.40. The number of carbonyl (C=O) groups excluding carboxylic acids is 1. The Labute approximate surface area is 140 Å². The summed E-state index contributed by atoms with van der Waals surface area (Å²) < 4.78 is 5.38. The number of benzene rings is 2. The van der Waals surface area contributed by atoms with Gasteiger partial charge in [-0.15, -0.1) is 0 Å². The average Bonchev–Trinajstić information content (AvgIpc) is 2.87. The molecule has 2 N–H and O–H groups in total. The molecule has 0 atom stereocenters. The van der Waals surface area contributed by atoms with Gasteiger partial charge in [-0.1, -0.05) is 48.5 Å². The minimum atomic E-state index is -0.530. The predicted octanol–water partition coefficient (Wildman–Crippen LogP) is 3.42. The summed E-state index contributed by atoms with van der Waals surface area (Å²) in [7, 11) is 0. The molecule has 1 aliphatic rings. The van der Waals surface area contributed by atoms with Crippen molar-refractivity contribution in [1.29, 1.82) is 0 Å². The fourth-order valence-electron chi connectivity index (χ4n) is 2.93. The topological polar surface area (TPSA) is 50.4 Å². The third kappa shape index (κ3) is 3.19. The highest BCUT2D eigenvalue weighted by Gasteiger charge is 2.28. The SMILES string of the molecule is CCNC(=S)NC(=O)OCC1c2ccccc2-c2ccccc21. The molecule has 0 radical (unpaired) electrons. The Morgan fingerprint density at radius 3 is 2.22 bits per heavy atom. The molecule has 0 saturated heterocycles. The summed E-state index contributed by atoms with van der Waals surface area (Å²) in [5.74, 6) is 0.0563. The van der Waals surface area contributed by atoms with Crippen molar-refractivity contribution in [3.05, 3.63) is 59.7 Å². The van der Waals surface area contributed by atoms with Gasteiger partial charge in [0.05, 0.1) is 0 Å². The van der Waals surface area contributed by atoms with Gasteiger partial charge in [0.15, 0.2) is 5.11 Å². The molecular weight excluding hydrogens is 308 g/mol. The molecule has 2 aromatic carbocycles. The second-order valence-electron chi connectivity index (χ2n) is 5.31. The van der Waals surface area contributed by atoms with Gasteiger partial charge >= 0.3 is 6.09 Å². The highest BCUT2D eigenvalue weighted by atomic mass is 32.1. The largest absolute Gasteiger partial charge is 0.448 e. The smallest absolute Gasteiger partial charge is 0.413 e. The van der Waals surface area contributed by atoms with E-state index in [1.165, 1.54) is 22.3 Å². The molecular formula is C18H18N2O2S. The van der Waals surface area contributed by atoms with Gasteiger partial charge in [0.2, 0.25) is 0 Å². The van der Waals surface area contributed by atoms with Gasteiger partial charge in [0.1, 0.15) is 6.61 Å². The molecule has 5 heteroatoms. The Balaban J connectivity index is 1.73. The molecule has 0 saturated carbocycles. The number of hydrogen-bond acceptors (Lipinski definition) is 3. The number of amides is 1. The van der Waals surface area contributed by atoms with Crippen LogP contribution in [0.15, 0.2) is 48.5 Å². The van der Waals surface area contributed by atoms with E-state index in [2.05, 4.69) is 34.9 Å². The Bertz CT molecular complexity index is 700. The zero-order chi connectivity index (χ0) is 16.2. The molecule has 23 heavy (non-hydrogen) atoms. The van der Waals surface area contributed by atoms with Crippen molar-refractivity contribution in [3.63, 3.8) is 0 Å². The number of ether oxygens (including phenoxy) is 1. The molecule has 2 aromatic rings. The zero-order valence-electron chi connectivity index (χ0n) is 12.8. The third-order valence-corrected chi connectivity index (χ3v) is 4.14. The summed E-state index contributed by atoms with van der Waals surface area (Å²) >= 11 is 4.98. The molecule has 118 valence electrons. The fraction of sp³-hybridized carbons (Fsp3) is 0.222. The van der Waals surface area contributed by atoms with E-state index in [4.69, 9.17) is 17.0 Å². The second kappa shape index (κ2) is 6.79. The molecule has 3 rings (SSSR count). The van der Waals surface area contributed by atoms with Crippen molar-refractivity contribution in [1.82, 2.24) is 10.6 Å². The van der Waals surface area contributed by atoms with Gasteiger partial charge in [0.25, 0.3) is 0 Å². The molecule has 0 bridgehead atoms. The lowest BCUT2D eigenvalue weighted by molar-refractivity contribution is 0.148. The molecule has 4 nitrogen and oxygen atoms in total. The summed E-state index contributed by atoms with van der Waals surface area (Å²) in [4.78, 5) is 11.8. The number of alkyl carbamates (subject to hydrolysis) is 1. The standard InChI is InChI=1S/C18H18N2O2S/c1-2-19-17(23)20-18(21)22-11-16-14-9-5-3-7-12(14)13-8-4-6-10-15(13)16/h3-10,16H,2,11H2,1H3,(H2,19,20,21,23). The van der Waals surface area contributed by atoms with Crippen LogP contribution in [0.5, 0.6) is 0 Å². The fourth-order valence-corrected chi connectivity index (χ4v) is 3.16. The van der Waals surface area contributed by atoms with Crippen LogP contribution in [0.4, 0.5) is 4.79 Å². The first-order chi connectivity index (χ1) is 11.2. The lowest BCUT2D eigenvalue weighted by atomic mass is 9.98. The van der Waals surface area contributed by atoms with Gasteiger partial charge in [0, 0.05) is 12.5 Å². The molecule has 0 spiro atoms. The number of nitrogens with one attached hydrogen (secondary N) is 2. The average molecular weight is 326 g/mol. The van der Waals surface area contributed by atoms with Crippen molar-refractivity contribution in [2.75, 3.05) is 13.2 Å². The normalized spacial score (nSPS) is 12.2. The predicted molar refractivity (Wildman–Crippen MR) is 94.5 cm³/mol. The van der Waals surface area contributed by atoms with Crippen LogP contribution < -0.4 is 10.6 Å². The van der Waals surface area contributed by atoms with E-state index in [1.807, 2.05) is 31.2 Å². The number of thiocarbonyl (C=S) groups is 1. The van der Waals surface area contributed by atoms with E-state index >= 15 is 0 Å². The number of fused-ring (bicyclic) bond motifs is 3. The third-order valence-electron chi connectivity index (χ3n) is 3.90. The number of rotatable bonds is 3. The monoisotopic (exact) mass is 326 g/mol. The Kier molecular flexibility index (Phi) is 4.57. The molecule has 0 fully saturated rings. The summed E-state index contributed by atoms with van der Waals surface area (Å²) in [5.41, 5.74) is 4.80. The van der Waals surface area contributed by atoms with Gasteiger partial charge in [-0.05, 0) is 41.4 Å². The first-order valence-electron chi connectivity index (χ1n) is 7.60. The summed E-state index contributed by atoms with van der Waals surface area (Å²) in [6.07, 6.45) is -0.530. The van der Waals surface area contributed by atoms with Gasteiger partial charge < -0.3 is 10.1 Å². The molecule has 0 aromatic heterocycles. The maximum absolute atomic E-state index is 11.8. The van der Waals surface area contributed by atoms with E-state index in [1.54, 1.807) is 0 Å². The van der Waals surface area contributed by atoms with Gasteiger partial charge in [-0.3, -0.25) is 5.32 Å². The van der Waals surface area contributed by atoms with Crippen LogP contribution in [-0.2, 0) is 4.74 Å². The minimum absolute atomic E-state index is 0.0563. The van der Waals surface area contributed by atoms with Crippen molar-refractivity contribution in [2.24, 2.45) is 0 Å². The molecule has 0 heterocycles. The molecule has 1 aliphatic carbocycles. The molecule has 0 aliphatic heterocycles. The van der Waals surface area contributed by atoms with Gasteiger partial charge in [-0.25, -0.2) is 4.79 Å². The van der Waals surface area contributed by atoms with E-state index in [0.717, 1.165) is 0 Å². The van der Waals surface area contributed by atoms with Crippen LogP contribution in [0, 0.1) is 0 Å². The van der Waals surface area contributed by atoms with Crippen LogP contribution in [0.3, 0.4) is 0 Å². The first-order valence-corrected chi connectivity index (χ1v) is 8.01. The van der Waals surface area contributed by atoms with E-state index in [9.17, 15) is 4.79 Å². The van der Waals surface area contributed by atoms with E-state index in [-0.39, 0.29) is 17.6 Å². The van der Waals surface area contributed by atoms with E-state index in [0.29, 0.717) is 6.54 Å². The maximum atomic E-state index is 11.8. The zero-order valence-corrected chi connectivity index (χ0v) is 13.7. The quantitative estimate of drug-likeness (QED) is 0.849. The maximum Gasteiger partial charge on any atom is 0.413 e. The Morgan fingerprint density at radius 1 is 1.09 bits per heavy atom. The molecule has 0 unspecified atom stereocenters. The first kappa shape index (κ1) is 15.5. The van der Waals surface area contributed by atoms with Crippen LogP contribution in [0.1, 0.15) is 24.0 Å². The number of hydrogen-bond donors (Lipinski definition) is 2. The van der Waals surface area contributed by atoms with Crippen molar-refractivity contribution in [3.8, 4) is 11.1 Å². The summed E-state index contributed by atoms with van der Waals surface area (Å²) in [5, 5.41) is 5.65. The van der Waals surface area contributed by atoms with Crippen LogP contribution in [-0.4, -0.2) is 24.4 Å². The molecule has 1 amide bonds. The van der Waals surface area contributed by atoms with Crippen LogP contribution >= 0.6 is 12.2 Å². The van der Waals surface area contributed by atoms with Crippen LogP contribution in [0.25, 0.3) is 11.1 Å². The van der Waals surface area contributed by atoms with Crippen LogP contribution in [0.2, 0.25) is 0 Å². The summed E-state index contributed by atoms with van der Waals surface area (Å²) in [6.45, 7) is 2.85. The van der Waals surface area contributed by atoms with Crippen molar-refractivity contribution >= 4 is 23.4 Å². The van der Waals surface area contributed by atoms with Crippen molar-refractivity contribution < 1.29 is 9.53 Å². The summed E-state index contributed by atoms with van der Waals surface area (Å²) in [6, 6.07) is 16.5. The van der Waals surface area contributed by atoms with Gasteiger partial charge in [-0.2, -0.15) is 0 Å². The highest BCUT2D eigenvalue weighted by molar-refractivity contribution is 7.80.